The van der Waals surface area contributed by atoms with E-state index in [0.717, 1.165) is 24.4 Å². The molecule has 0 amide bonds. The highest BCUT2D eigenvalue weighted by atomic mass is 35.5. The molecule has 0 bridgehead atoms. The van der Waals surface area contributed by atoms with Crippen molar-refractivity contribution in [3.63, 3.8) is 0 Å². The molecule has 0 unspecified atom stereocenters. The first kappa shape index (κ1) is 17.8. The van der Waals surface area contributed by atoms with Gasteiger partial charge in [-0.15, -0.1) is 12.4 Å². The maximum absolute atomic E-state index is 4.51. The van der Waals surface area contributed by atoms with E-state index in [1.54, 1.807) is 0 Å². The molecule has 0 aliphatic rings. The van der Waals surface area contributed by atoms with Crippen LogP contribution in [0.2, 0.25) is 0 Å². The number of aromatic nitrogens is 3. The van der Waals surface area contributed by atoms with Crippen LogP contribution in [0.15, 0.2) is 67.0 Å². The van der Waals surface area contributed by atoms with Gasteiger partial charge in [0.05, 0.1) is 11.9 Å². The van der Waals surface area contributed by atoms with Crippen LogP contribution < -0.4 is 6.15 Å². The van der Waals surface area contributed by atoms with Crippen LogP contribution in [0.25, 0.3) is 22.2 Å². The molecule has 4 nitrogen and oxygen atoms in total. The quantitative estimate of drug-likeness (QED) is 0.492. The molecular weight excluding hydrogens is 320 g/mol. The molecule has 0 spiro atoms. The number of halogens is 1. The minimum absolute atomic E-state index is 0. The fourth-order valence-corrected chi connectivity index (χ4v) is 2.85. The summed E-state index contributed by atoms with van der Waals surface area (Å²) in [6.45, 7) is 0. The Balaban J connectivity index is 0.00000104. The lowest BCUT2D eigenvalue weighted by molar-refractivity contribution is 0.890. The van der Waals surface area contributed by atoms with Crippen molar-refractivity contribution < 1.29 is 0 Å². The van der Waals surface area contributed by atoms with Crippen molar-refractivity contribution in [2.45, 2.75) is 12.8 Å². The van der Waals surface area contributed by atoms with E-state index < -0.39 is 0 Å². The number of nitrogens with one attached hydrogen (secondary N) is 2. The monoisotopic (exact) mass is 340 g/mol. The number of aromatic amines is 2. The first-order valence-corrected chi connectivity index (χ1v) is 7.54. The number of nitrogens with zero attached hydrogens (tertiary/aromatic N) is 1. The Labute approximate surface area is 147 Å². The van der Waals surface area contributed by atoms with Gasteiger partial charge in [0, 0.05) is 23.5 Å². The Hall–Kier alpha value is -2.56. The van der Waals surface area contributed by atoms with Crippen LogP contribution in [0.3, 0.4) is 0 Å². The molecule has 5 heteroatoms. The fraction of sp³-hybridized carbons (Fsp3) is 0.105. The Morgan fingerprint density at radius 3 is 2.46 bits per heavy atom. The van der Waals surface area contributed by atoms with Gasteiger partial charge in [-0.3, -0.25) is 0 Å². The number of fused-ring (bicyclic) bond motifs is 1. The maximum Gasteiger partial charge on any atom is 0.106 e. The van der Waals surface area contributed by atoms with Crippen molar-refractivity contribution in [1.29, 1.82) is 0 Å². The number of aryl methyl sites for hydroxylation is 2. The van der Waals surface area contributed by atoms with Gasteiger partial charge in [-0.05, 0) is 23.6 Å². The Bertz CT molecular complexity index is 896. The largest absolute Gasteiger partial charge is 0.361 e. The topological polar surface area (TPSA) is 79.5 Å². The van der Waals surface area contributed by atoms with E-state index in [9.17, 15) is 0 Å². The van der Waals surface area contributed by atoms with E-state index in [2.05, 4.69) is 57.5 Å². The fourth-order valence-electron chi connectivity index (χ4n) is 2.85. The van der Waals surface area contributed by atoms with E-state index in [4.69, 9.17) is 0 Å². The Kier molecular flexibility index (Phi) is 5.79. The summed E-state index contributed by atoms with van der Waals surface area (Å²) in [6, 6.07) is 18.7. The zero-order valence-electron chi connectivity index (χ0n) is 13.3. The Morgan fingerprint density at radius 1 is 0.875 bits per heavy atom. The van der Waals surface area contributed by atoms with Crippen molar-refractivity contribution in [3.05, 3.63) is 78.4 Å². The standard InChI is InChI=1S/C19H17N3.ClH.H3N/c1-2-6-14(7-3-1)18-13-21-19(22-18)11-10-15-12-20-17-9-5-4-8-16(15)17;;/h1-9,12-13,20H,10-11H2,(H,21,22);1H;1H3. The van der Waals surface area contributed by atoms with Crippen LogP contribution in [0.1, 0.15) is 11.4 Å². The van der Waals surface area contributed by atoms with Gasteiger partial charge in [0.25, 0.3) is 0 Å². The number of H-pyrrole nitrogens is 2. The maximum atomic E-state index is 4.51. The summed E-state index contributed by atoms with van der Waals surface area (Å²) in [7, 11) is 0. The van der Waals surface area contributed by atoms with Crippen molar-refractivity contribution in [2.24, 2.45) is 0 Å². The van der Waals surface area contributed by atoms with Gasteiger partial charge in [0.1, 0.15) is 5.82 Å². The summed E-state index contributed by atoms with van der Waals surface area (Å²) < 4.78 is 0. The van der Waals surface area contributed by atoms with Gasteiger partial charge < -0.3 is 16.1 Å². The highest BCUT2D eigenvalue weighted by Crippen LogP contribution is 2.20. The lowest BCUT2D eigenvalue weighted by Gasteiger charge is -1.98. The highest BCUT2D eigenvalue weighted by molar-refractivity contribution is 5.85. The third-order valence-electron chi connectivity index (χ3n) is 4.02. The van der Waals surface area contributed by atoms with Gasteiger partial charge in [-0.1, -0.05) is 48.5 Å². The van der Waals surface area contributed by atoms with Crippen LogP contribution in [-0.2, 0) is 12.8 Å². The summed E-state index contributed by atoms with van der Waals surface area (Å²) in [5.41, 5.74) is 4.79. The molecule has 4 rings (SSSR count). The van der Waals surface area contributed by atoms with Gasteiger partial charge in [0.2, 0.25) is 0 Å². The molecule has 0 aliphatic heterocycles. The van der Waals surface area contributed by atoms with Gasteiger partial charge in [0.15, 0.2) is 0 Å². The molecule has 5 N–H and O–H groups in total. The molecule has 0 aliphatic carbocycles. The Morgan fingerprint density at radius 2 is 1.62 bits per heavy atom. The molecule has 2 aromatic heterocycles. The summed E-state index contributed by atoms with van der Waals surface area (Å²) in [6.07, 6.45) is 5.91. The third-order valence-corrected chi connectivity index (χ3v) is 4.02. The van der Waals surface area contributed by atoms with E-state index >= 15 is 0 Å². The van der Waals surface area contributed by atoms with Crippen LogP contribution in [0.4, 0.5) is 0 Å². The number of para-hydroxylation sites is 1. The van der Waals surface area contributed by atoms with Crippen LogP contribution in [0, 0.1) is 0 Å². The minimum Gasteiger partial charge on any atom is -0.361 e. The average Bonchev–Trinajstić information content (AvgIpc) is 3.21. The summed E-state index contributed by atoms with van der Waals surface area (Å²) >= 11 is 0. The van der Waals surface area contributed by atoms with E-state index in [1.165, 1.54) is 22.0 Å². The SMILES string of the molecule is Cl.N.c1ccc(-c2cnc(CCc3c[nH]c4ccccc34)[nH]2)cc1. The molecule has 0 saturated carbocycles. The number of benzene rings is 2. The van der Waals surface area contributed by atoms with Gasteiger partial charge in [-0.25, -0.2) is 4.98 Å². The molecule has 4 aromatic rings. The van der Waals surface area contributed by atoms with Crippen molar-refractivity contribution in [3.8, 4) is 11.3 Å². The molecule has 0 fully saturated rings. The second-order valence-corrected chi connectivity index (χ2v) is 5.47. The van der Waals surface area contributed by atoms with Crippen LogP contribution >= 0.6 is 12.4 Å². The first-order chi connectivity index (χ1) is 10.9. The van der Waals surface area contributed by atoms with Crippen molar-refractivity contribution in [2.75, 3.05) is 0 Å². The second-order valence-electron chi connectivity index (χ2n) is 5.47. The number of imidazole rings is 1. The average molecular weight is 341 g/mol. The zero-order chi connectivity index (χ0) is 14.8. The predicted octanol–water partition coefficient (Wildman–Crippen LogP) is 4.93. The smallest absolute Gasteiger partial charge is 0.106 e. The molecule has 0 atom stereocenters. The molecule has 0 saturated heterocycles. The normalized spacial score (nSPS) is 10.2. The molecule has 2 aromatic carbocycles. The summed E-state index contributed by atoms with van der Waals surface area (Å²) in [5.74, 6) is 1.03. The van der Waals surface area contributed by atoms with Crippen LogP contribution in [-0.4, -0.2) is 15.0 Å². The number of hydrogen-bond acceptors (Lipinski definition) is 2. The summed E-state index contributed by atoms with van der Waals surface area (Å²) in [5, 5.41) is 1.30. The van der Waals surface area contributed by atoms with Crippen molar-refractivity contribution >= 4 is 23.3 Å². The highest BCUT2D eigenvalue weighted by Gasteiger charge is 2.06. The molecule has 2 heterocycles. The molecule has 124 valence electrons. The number of rotatable bonds is 4. The lowest BCUT2D eigenvalue weighted by atomic mass is 10.1. The third kappa shape index (κ3) is 3.50. The molecular formula is C19H21ClN4. The lowest BCUT2D eigenvalue weighted by Crippen LogP contribution is -1.92. The summed E-state index contributed by atoms with van der Waals surface area (Å²) in [4.78, 5) is 11.2. The van der Waals surface area contributed by atoms with Crippen LogP contribution in [0.5, 0.6) is 0 Å². The first-order valence-electron chi connectivity index (χ1n) is 7.54. The molecule has 24 heavy (non-hydrogen) atoms. The number of hydrogen-bond donors (Lipinski definition) is 3. The molecule has 0 radical (unpaired) electrons. The minimum atomic E-state index is 0. The van der Waals surface area contributed by atoms with Gasteiger partial charge in [-0.2, -0.15) is 0 Å². The van der Waals surface area contributed by atoms with Gasteiger partial charge >= 0.3 is 0 Å². The van der Waals surface area contributed by atoms with E-state index in [0.29, 0.717) is 0 Å². The second kappa shape index (κ2) is 7.81. The van der Waals surface area contributed by atoms with E-state index in [-0.39, 0.29) is 18.6 Å². The van der Waals surface area contributed by atoms with E-state index in [1.807, 2.05) is 24.4 Å². The van der Waals surface area contributed by atoms with Crippen molar-refractivity contribution in [1.82, 2.24) is 21.1 Å². The predicted molar refractivity (Wildman–Crippen MR) is 102 cm³/mol. The zero-order valence-corrected chi connectivity index (χ0v) is 14.1.